The van der Waals surface area contributed by atoms with Gasteiger partial charge in [-0.25, -0.2) is 4.79 Å². The number of nitrogens with zero attached hydrogens (tertiary/aromatic N) is 1. The van der Waals surface area contributed by atoms with Crippen molar-refractivity contribution in [2.75, 3.05) is 6.61 Å². The van der Waals surface area contributed by atoms with Crippen LogP contribution in [-0.2, 0) is 14.3 Å². The minimum Gasteiger partial charge on any atom is -0.464 e. The van der Waals surface area contributed by atoms with Gasteiger partial charge in [0.15, 0.2) is 6.04 Å². The quantitative estimate of drug-likeness (QED) is 0.453. The number of ether oxygens (including phenoxy) is 1. The maximum absolute atomic E-state index is 11.8. The van der Waals surface area contributed by atoms with Crippen molar-refractivity contribution in [3.8, 4) is 0 Å². The number of nitro benzene ring substituents is 1. The number of carbonyl (C=O) groups excluding carboxylic acids is 2. The standard InChI is InChI=1S/C13H16N2O6/c1-3-21-13(18)11(14-8(2)16)12(17)9-5-4-6-10(7-9)15(19)20/h4-7,11-12,17H,3H2,1-2H3,(H,14,16)/t11-,12+/m0/s1. The first-order chi connectivity index (χ1) is 9.86. The average Bonchev–Trinajstić information content (AvgIpc) is 2.44. The molecule has 8 nitrogen and oxygen atoms in total. The topological polar surface area (TPSA) is 119 Å². The van der Waals surface area contributed by atoms with Gasteiger partial charge in [0.05, 0.1) is 11.5 Å². The Labute approximate surface area is 120 Å². The molecule has 0 spiro atoms. The van der Waals surface area contributed by atoms with Crippen molar-refractivity contribution in [1.82, 2.24) is 5.32 Å². The number of rotatable bonds is 6. The average molecular weight is 296 g/mol. The molecule has 0 fully saturated rings. The molecule has 2 N–H and O–H groups in total. The van der Waals surface area contributed by atoms with E-state index in [1.54, 1.807) is 6.92 Å². The number of non-ortho nitro benzene ring substituents is 1. The van der Waals surface area contributed by atoms with E-state index >= 15 is 0 Å². The molecule has 1 aromatic rings. The summed E-state index contributed by atoms with van der Waals surface area (Å²) in [6.07, 6.45) is -1.45. The second kappa shape index (κ2) is 7.34. The third-order valence-corrected chi connectivity index (χ3v) is 2.64. The Morgan fingerprint density at radius 2 is 2.14 bits per heavy atom. The Balaban J connectivity index is 3.06. The van der Waals surface area contributed by atoms with E-state index in [2.05, 4.69) is 5.32 Å². The molecule has 0 aliphatic heterocycles. The van der Waals surface area contributed by atoms with Crippen molar-refractivity contribution in [3.63, 3.8) is 0 Å². The molecule has 0 saturated heterocycles. The van der Waals surface area contributed by atoms with Crippen LogP contribution in [0.25, 0.3) is 0 Å². The van der Waals surface area contributed by atoms with Crippen LogP contribution in [0.1, 0.15) is 25.5 Å². The van der Waals surface area contributed by atoms with E-state index < -0.39 is 28.9 Å². The van der Waals surface area contributed by atoms with Gasteiger partial charge in [-0.15, -0.1) is 0 Å². The molecule has 1 rings (SSSR count). The summed E-state index contributed by atoms with van der Waals surface area (Å²) in [5.74, 6) is -1.34. The maximum atomic E-state index is 11.8. The minimum atomic E-state index is -1.45. The number of nitro groups is 1. The minimum absolute atomic E-state index is 0.0799. The van der Waals surface area contributed by atoms with Crippen LogP contribution < -0.4 is 5.32 Å². The van der Waals surface area contributed by atoms with Crippen LogP contribution >= 0.6 is 0 Å². The van der Waals surface area contributed by atoms with Gasteiger partial charge in [-0.3, -0.25) is 14.9 Å². The van der Waals surface area contributed by atoms with Gasteiger partial charge in [-0.05, 0) is 12.5 Å². The lowest BCUT2D eigenvalue weighted by Crippen LogP contribution is -2.45. The van der Waals surface area contributed by atoms with E-state index in [1.807, 2.05) is 0 Å². The lowest BCUT2D eigenvalue weighted by Gasteiger charge is -2.22. The second-order valence-corrected chi connectivity index (χ2v) is 4.23. The van der Waals surface area contributed by atoms with Crippen LogP contribution in [-0.4, -0.2) is 34.6 Å². The van der Waals surface area contributed by atoms with Gasteiger partial charge in [0.25, 0.3) is 5.69 Å². The zero-order valence-electron chi connectivity index (χ0n) is 11.6. The normalized spacial score (nSPS) is 13.1. The highest BCUT2D eigenvalue weighted by atomic mass is 16.6. The lowest BCUT2D eigenvalue weighted by molar-refractivity contribution is -0.385. The van der Waals surface area contributed by atoms with Crippen molar-refractivity contribution in [3.05, 3.63) is 39.9 Å². The predicted octanol–water partition coefficient (Wildman–Crippen LogP) is 0.696. The largest absolute Gasteiger partial charge is 0.464 e. The number of benzene rings is 1. The van der Waals surface area contributed by atoms with E-state index in [1.165, 1.54) is 25.1 Å². The van der Waals surface area contributed by atoms with Crippen molar-refractivity contribution in [2.24, 2.45) is 0 Å². The number of aliphatic hydroxyl groups excluding tert-OH is 1. The monoisotopic (exact) mass is 296 g/mol. The van der Waals surface area contributed by atoms with Crippen molar-refractivity contribution in [2.45, 2.75) is 26.0 Å². The second-order valence-electron chi connectivity index (χ2n) is 4.23. The van der Waals surface area contributed by atoms with Crippen molar-refractivity contribution < 1.29 is 24.4 Å². The predicted molar refractivity (Wildman–Crippen MR) is 72.3 cm³/mol. The first kappa shape index (κ1) is 16.6. The summed E-state index contributed by atoms with van der Waals surface area (Å²) < 4.78 is 4.78. The van der Waals surface area contributed by atoms with E-state index in [0.29, 0.717) is 0 Å². The Hall–Kier alpha value is -2.48. The summed E-state index contributed by atoms with van der Waals surface area (Å²) in [5.41, 5.74) is -0.0898. The summed E-state index contributed by atoms with van der Waals surface area (Å²) in [6.45, 7) is 2.85. The zero-order valence-corrected chi connectivity index (χ0v) is 11.6. The molecular formula is C13H16N2O6. The fourth-order valence-corrected chi connectivity index (χ4v) is 1.73. The van der Waals surface area contributed by atoms with Crippen molar-refractivity contribution >= 4 is 17.6 Å². The summed E-state index contributed by atoms with van der Waals surface area (Å²) in [4.78, 5) is 33.0. The molecule has 0 aromatic heterocycles. The summed E-state index contributed by atoms with van der Waals surface area (Å²) in [7, 11) is 0. The number of carbonyl (C=O) groups is 2. The van der Waals surface area contributed by atoms with Crippen LogP contribution in [0, 0.1) is 10.1 Å². The SMILES string of the molecule is CCOC(=O)[C@@H](NC(C)=O)[C@H](O)c1cccc([N+](=O)[O-])c1. The highest BCUT2D eigenvalue weighted by Gasteiger charge is 2.30. The van der Waals surface area contributed by atoms with Gasteiger partial charge in [-0.2, -0.15) is 0 Å². The molecule has 1 amide bonds. The maximum Gasteiger partial charge on any atom is 0.331 e. The van der Waals surface area contributed by atoms with Gasteiger partial charge in [0, 0.05) is 19.1 Å². The number of nitrogens with one attached hydrogen (secondary N) is 1. The number of hydrogen-bond acceptors (Lipinski definition) is 6. The molecule has 0 heterocycles. The smallest absolute Gasteiger partial charge is 0.331 e. The van der Waals surface area contributed by atoms with Gasteiger partial charge in [0.1, 0.15) is 6.10 Å². The van der Waals surface area contributed by atoms with E-state index in [4.69, 9.17) is 4.74 Å². The molecule has 8 heteroatoms. The van der Waals surface area contributed by atoms with Crippen LogP contribution in [0.3, 0.4) is 0 Å². The Morgan fingerprint density at radius 3 is 2.67 bits per heavy atom. The molecule has 0 aliphatic rings. The molecule has 0 radical (unpaired) electrons. The molecule has 21 heavy (non-hydrogen) atoms. The van der Waals surface area contributed by atoms with Gasteiger partial charge >= 0.3 is 5.97 Å². The van der Waals surface area contributed by atoms with Crippen LogP contribution in [0.4, 0.5) is 5.69 Å². The first-order valence-corrected chi connectivity index (χ1v) is 6.23. The van der Waals surface area contributed by atoms with Gasteiger partial charge < -0.3 is 15.2 Å². The fourth-order valence-electron chi connectivity index (χ4n) is 1.73. The lowest BCUT2D eigenvalue weighted by atomic mass is 10.0. The Morgan fingerprint density at radius 1 is 1.48 bits per heavy atom. The molecular weight excluding hydrogens is 280 g/mol. The molecule has 0 unspecified atom stereocenters. The first-order valence-electron chi connectivity index (χ1n) is 6.23. The highest BCUT2D eigenvalue weighted by Crippen LogP contribution is 2.22. The van der Waals surface area contributed by atoms with Crippen LogP contribution in [0.15, 0.2) is 24.3 Å². The number of aliphatic hydroxyl groups is 1. The number of hydrogen-bond donors (Lipinski definition) is 2. The Bertz CT molecular complexity index is 545. The molecule has 0 bridgehead atoms. The summed E-state index contributed by atoms with van der Waals surface area (Å²) in [6, 6.07) is 3.87. The van der Waals surface area contributed by atoms with Crippen LogP contribution in [0.2, 0.25) is 0 Å². The van der Waals surface area contributed by atoms with Crippen molar-refractivity contribution in [1.29, 1.82) is 0 Å². The number of amides is 1. The molecule has 114 valence electrons. The summed E-state index contributed by atoms with van der Waals surface area (Å²) >= 11 is 0. The van der Waals surface area contributed by atoms with Crippen LogP contribution in [0.5, 0.6) is 0 Å². The van der Waals surface area contributed by atoms with Gasteiger partial charge in [0.2, 0.25) is 5.91 Å². The molecule has 1 aromatic carbocycles. The third-order valence-electron chi connectivity index (χ3n) is 2.64. The molecule has 0 aliphatic carbocycles. The fraction of sp³-hybridized carbons (Fsp3) is 0.385. The van der Waals surface area contributed by atoms with Gasteiger partial charge in [-0.1, -0.05) is 12.1 Å². The molecule has 0 saturated carbocycles. The van der Waals surface area contributed by atoms with E-state index in [-0.39, 0.29) is 17.9 Å². The third kappa shape index (κ3) is 4.53. The van der Waals surface area contributed by atoms with E-state index in [9.17, 15) is 24.8 Å². The molecule has 2 atom stereocenters. The Kier molecular flexibility index (Phi) is 5.79. The highest BCUT2D eigenvalue weighted by molar-refractivity contribution is 5.84. The number of esters is 1. The van der Waals surface area contributed by atoms with E-state index in [0.717, 1.165) is 6.07 Å². The zero-order chi connectivity index (χ0) is 16.0. The summed E-state index contributed by atoms with van der Waals surface area (Å²) in [5, 5.41) is 23.2.